The van der Waals surface area contributed by atoms with E-state index < -0.39 is 52.4 Å². The number of alkyl halides is 3. The first-order chi connectivity index (χ1) is 14.8. The molecule has 1 N–H and O–H groups in total. The maximum absolute atomic E-state index is 14.2. The summed E-state index contributed by atoms with van der Waals surface area (Å²) in [6.07, 6.45) is -3.98. The van der Waals surface area contributed by atoms with Crippen LogP contribution in [0.4, 0.5) is 27.6 Å². The van der Waals surface area contributed by atoms with Crippen molar-refractivity contribution in [3.63, 3.8) is 0 Å². The first kappa shape index (κ1) is 23.0. The van der Waals surface area contributed by atoms with Crippen LogP contribution >= 0.6 is 0 Å². The van der Waals surface area contributed by atoms with Gasteiger partial charge in [-0.3, -0.25) is 0 Å². The number of aryl methyl sites for hydroxylation is 1. The zero-order valence-corrected chi connectivity index (χ0v) is 16.9. The Bertz CT molecular complexity index is 1080. The van der Waals surface area contributed by atoms with E-state index in [1.807, 2.05) is 0 Å². The number of nitrogens with one attached hydrogen (secondary N) is 1. The molecule has 0 radical (unpaired) electrons. The van der Waals surface area contributed by atoms with Crippen LogP contribution in [-0.2, 0) is 25.2 Å². The molecule has 3 rings (SSSR count). The molecule has 0 bridgehead atoms. The first-order valence-electron chi connectivity index (χ1n) is 9.05. The molecule has 6 nitrogen and oxygen atoms in total. The van der Waals surface area contributed by atoms with Gasteiger partial charge in [-0.15, -0.1) is 0 Å². The normalized spacial score (nSPS) is 15.7. The summed E-state index contributed by atoms with van der Waals surface area (Å²) in [7, 11) is 0. The number of carbonyl (C=O) groups excluding carboxylic acids is 2. The van der Waals surface area contributed by atoms with Crippen molar-refractivity contribution in [3.8, 4) is 11.5 Å². The summed E-state index contributed by atoms with van der Waals surface area (Å²) < 4.78 is 81.7. The topological polar surface area (TPSA) is 73.9 Å². The minimum atomic E-state index is -4.94. The van der Waals surface area contributed by atoms with Gasteiger partial charge in [-0.25, -0.2) is 18.4 Å². The van der Waals surface area contributed by atoms with E-state index in [1.165, 1.54) is 26.0 Å². The fraction of sp³-hybridized carbons (Fsp3) is 0.238. The maximum Gasteiger partial charge on any atom is 0.416 e. The lowest BCUT2D eigenvalue weighted by Gasteiger charge is -2.29. The molecule has 0 aliphatic carbocycles. The Balaban J connectivity index is 1.93. The number of ether oxygens (including phenoxy) is 3. The van der Waals surface area contributed by atoms with E-state index in [0.717, 1.165) is 6.20 Å². The number of hydrogen-bond donors (Lipinski definition) is 1. The molecule has 11 heteroatoms. The lowest BCUT2D eigenvalue weighted by molar-refractivity contribution is -0.222. The van der Waals surface area contributed by atoms with Gasteiger partial charge in [-0.2, -0.15) is 13.2 Å². The van der Waals surface area contributed by atoms with Crippen molar-refractivity contribution in [2.75, 3.05) is 5.32 Å². The molecule has 170 valence electrons. The van der Waals surface area contributed by atoms with E-state index in [4.69, 9.17) is 14.2 Å². The molecule has 2 aromatic carbocycles. The number of carbonyl (C=O) groups is 2. The molecule has 1 saturated heterocycles. The summed E-state index contributed by atoms with van der Waals surface area (Å²) >= 11 is 0. The smallest absolute Gasteiger partial charge is 0.416 e. The third-order valence-electron chi connectivity index (χ3n) is 4.25. The molecular weight excluding hydrogens is 441 g/mol. The van der Waals surface area contributed by atoms with Crippen molar-refractivity contribution in [3.05, 3.63) is 64.9 Å². The van der Waals surface area contributed by atoms with Gasteiger partial charge in [0.15, 0.2) is 28.7 Å². The van der Waals surface area contributed by atoms with Crippen molar-refractivity contribution in [2.45, 2.75) is 32.7 Å². The molecule has 2 aromatic rings. The predicted octanol–water partition coefficient (Wildman–Crippen LogP) is 5.22. The number of esters is 2. The highest BCUT2D eigenvalue weighted by Gasteiger charge is 2.39. The molecular formula is C21H16F5NO5. The highest BCUT2D eigenvalue weighted by atomic mass is 19.4. The van der Waals surface area contributed by atoms with Crippen LogP contribution in [0.2, 0.25) is 0 Å². The Labute approximate surface area is 178 Å². The van der Waals surface area contributed by atoms with E-state index in [-0.39, 0.29) is 23.6 Å². The van der Waals surface area contributed by atoms with Gasteiger partial charge < -0.3 is 19.5 Å². The number of rotatable bonds is 4. The second-order valence-corrected chi connectivity index (χ2v) is 7.20. The fourth-order valence-electron chi connectivity index (χ4n) is 2.76. The largest absolute Gasteiger partial charge is 0.449 e. The zero-order valence-electron chi connectivity index (χ0n) is 16.9. The monoisotopic (exact) mass is 457 g/mol. The molecule has 1 aliphatic heterocycles. The van der Waals surface area contributed by atoms with Gasteiger partial charge in [0.25, 0.3) is 5.79 Å². The van der Waals surface area contributed by atoms with Crippen LogP contribution in [0.25, 0.3) is 0 Å². The quantitative estimate of drug-likeness (QED) is 0.294. The molecule has 1 fully saturated rings. The molecule has 1 heterocycles. The van der Waals surface area contributed by atoms with Crippen LogP contribution in [0.15, 0.2) is 42.1 Å². The van der Waals surface area contributed by atoms with Gasteiger partial charge >= 0.3 is 18.1 Å². The van der Waals surface area contributed by atoms with Crippen molar-refractivity contribution < 1.29 is 45.8 Å². The summed E-state index contributed by atoms with van der Waals surface area (Å²) in [6, 6.07) is 4.55. The molecule has 1 aliphatic rings. The lowest BCUT2D eigenvalue weighted by atomic mass is 10.1. The van der Waals surface area contributed by atoms with E-state index in [0.29, 0.717) is 5.56 Å². The first-order valence-corrected chi connectivity index (χ1v) is 9.05. The summed E-state index contributed by atoms with van der Waals surface area (Å²) in [5.74, 6) is -7.74. The molecule has 0 atom stereocenters. The molecule has 0 unspecified atom stereocenters. The standard InChI is InChI=1S/C21H16F5NO5/c1-10-5-4-6-15(30-17-13(22)7-11(8-14(17)23)21(24,25)26)16(10)27-9-12-18(28)31-20(2,3)32-19(12)29/h4-9,27H,1-3H3. The zero-order chi connectivity index (χ0) is 23.8. The van der Waals surface area contributed by atoms with Crippen molar-refractivity contribution >= 4 is 17.6 Å². The molecule has 0 spiro atoms. The minimum absolute atomic E-state index is 0.0872. The fourth-order valence-corrected chi connectivity index (χ4v) is 2.76. The predicted molar refractivity (Wildman–Crippen MR) is 101 cm³/mol. The van der Waals surface area contributed by atoms with Gasteiger partial charge in [0.05, 0.1) is 11.3 Å². The molecule has 0 aromatic heterocycles. The Morgan fingerprint density at radius 3 is 2.12 bits per heavy atom. The third-order valence-corrected chi connectivity index (χ3v) is 4.25. The van der Waals surface area contributed by atoms with Crippen LogP contribution in [0.1, 0.15) is 25.0 Å². The molecule has 32 heavy (non-hydrogen) atoms. The van der Waals surface area contributed by atoms with Gasteiger partial charge in [0.2, 0.25) is 0 Å². The Kier molecular flexibility index (Phi) is 5.86. The summed E-state index contributed by atoms with van der Waals surface area (Å²) in [5, 5.41) is 2.62. The van der Waals surface area contributed by atoms with Crippen LogP contribution in [-0.4, -0.2) is 17.7 Å². The summed E-state index contributed by atoms with van der Waals surface area (Å²) in [5.41, 5.74) is -1.44. The number of halogens is 5. The van der Waals surface area contributed by atoms with E-state index in [1.54, 1.807) is 13.0 Å². The molecule has 0 amide bonds. The number of cyclic esters (lactones) is 2. The van der Waals surface area contributed by atoms with E-state index in [9.17, 15) is 31.5 Å². The summed E-state index contributed by atoms with van der Waals surface area (Å²) in [6.45, 7) is 4.31. The highest BCUT2D eigenvalue weighted by molar-refractivity contribution is 6.15. The number of anilines is 1. The minimum Gasteiger partial charge on any atom is -0.449 e. The van der Waals surface area contributed by atoms with Crippen LogP contribution in [0, 0.1) is 18.6 Å². The maximum atomic E-state index is 14.2. The van der Waals surface area contributed by atoms with E-state index >= 15 is 0 Å². The van der Waals surface area contributed by atoms with Gasteiger partial charge in [0, 0.05) is 20.0 Å². The van der Waals surface area contributed by atoms with Crippen molar-refractivity contribution in [1.29, 1.82) is 0 Å². The van der Waals surface area contributed by atoms with Gasteiger partial charge in [-0.1, -0.05) is 12.1 Å². The lowest BCUT2D eigenvalue weighted by Crippen LogP contribution is -2.42. The third kappa shape index (κ3) is 4.82. The van der Waals surface area contributed by atoms with E-state index in [2.05, 4.69) is 5.32 Å². The van der Waals surface area contributed by atoms with Crippen molar-refractivity contribution in [2.24, 2.45) is 0 Å². The SMILES string of the molecule is Cc1cccc(Oc2c(F)cc(C(F)(F)F)cc2F)c1NC=C1C(=O)OC(C)(C)OC1=O. The van der Waals surface area contributed by atoms with Crippen LogP contribution < -0.4 is 10.1 Å². The second-order valence-electron chi connectivity index (χ2n) is 7.20. The molecule has 0 saturated carbocycles. The van der Waals surface area contributed by atoms with Crippen molar-refractivity contribution in [1.82, 2.24) is 0 Å². The summed E-state index contributed by atoms with van der Waals surface area (Å²) in [4.78, 5) is 24.1. The van der Waals surface area contributed by atoms with Crippen LogP contribution in [0.3, 0.4) is 0 Å². The van der Waals surface area contributed by atoms with Gasteiger partial charge in [-0.05, 0) is 30.7 Å². The number of benzene rings is 2. The number of hydrogen-bond acceptors (Lipinski definition) is 6. The average molecular weight is 457 g/mol. The van der Waals surface area contributed by atoms with Crippen LogP contribution in [0.5, 0.6) is 11.5 Å². The second kappa shape index (κ2) is 8.13. The Morgan fingerprint density at radius 2 is 1.59 bits per heavy atom. The number of para-hydroxylation sites is 1. The van der Waals surface area contributed by atoms with Gasteiger partial charge in [0.1, 0.15) is 0 Å². The Morgan fingerprint density at radius 1 is 1.03 bits per heavy atom. The Hall–Kier alpha value is -3.63. The highest BCUT2D eigenvalue weighted by Crippen LogP contribution is 2.38. The average Bonchev–Trinajstić information content (AvgIpc) is 2.63.